The average Bonchev–Trinajstić information content (AvgIpc) is 3.52. The monoisotopic (exact) mass is 440 g/mol. The van der Waals surface area contributed by atoms with E-state index in [0.29, 0.717) is 12.0 Å². The molecule has 1 N–H and O–H groups in total. The quantitative estimate of drug-likeness (QED) is 0.649. The molecule has 0 radical (unpaired) electrons. The highest BCUT2D eigenvalue weighted by atomic mass is 32.2. The Morgan fingerprint density at radius 3 is 2.17 bits per heavy atom. The normalized spacial score (nSPS) is 16.1. The second-order valence-electron chi connectivity index (χ2n) is 7.27. The van der Waals surface area contributed by atoms with Crippen LogP contribution in [0, 0.1) is 5.82 Å². The second kappa shape index (κ2) is 8.51. The summed E-state index contributed by atoms with van der Waals surface area (Å²) in [6.07, 6.45) is 2.08. The van der Waals surface area contributed by atoms with E-state index in [4.69, 9.17) is 0 Å². The Balaban J connectivity index is 1.87. The van der Waals surface area contributed by atoms with Crippen molar-refractivity contribution in [1.29, 1.82) is 0 Å². The van der Waals surface area contributed by atoms with Crippen molar-refractivity contribution in [1.82, 2.24) is 9.03 Å². The Morgan fingerprint density at radius 1 is 1.03 bits per heavy atom. The molecule has 2 aromatic rings. The summed E-state index contributed by atoms with van der Waals surface area (Å²) in [5, 5.41) is 0. The molecule has 0 unspecified atom stereocenters. The van der Waals surface area contributed by atoms with E-state index in [1.54, 1.807) is 25.1 Å². The van der Waals surface area contributed by atoms with Gasteiger partial charge in [0.15, 0.2) is 0 Å². The van der Waals surface area contributed by atoms with Crippen LogP contribution in [-0.4, -0.2) is 33.2 Å². The van der Waals surface area contributed by atoms with Crippen LogP contribution in [0.4, 0.5) is 4.39 Å². The molecule has 0 amide bonds. The molecule has 1 atom stereocenters. The van der Waals surface area contributed by atoms with Gasteiger partial charge in [-0.2, -0.15) is 4.31 Å². The molecule has 9 heteroatoms. The number of hydrogen-bond donors (Lipinski definition) is 1. The lowest BCUT2D eigenvalue weighted by atomic mass is 10.2. The van der Waals surface area contributed by atoms with Crippen LogP contribution in [0.3, 0.4) is 0 Å². The lowest BCUT2D eigenvalue weighted by molar-refractivity contribution is 0.391. The second-order valence-corrected chi connectivity index (χ2v) is 10.9. The van der Waals surface area contributed by atoms with Crippen molar-refractivity contribution in [3.05, 3.63) is 59.9 Å². The van der Waals surface area contributed by atoms with Gasteiger partial charge in [0.25, 0.3) is 0 Å². The Hall–Kier alpha value is -1.81. The third-order valence-electron chi connectivity index (χ3n) is 4.95. The maximum Gasteiger partial charge on any atom is 0.243 e. The highest BCUT2D eigenvalue weighted by molar-refractivity contribution is 7.89. The number of benzene rings is 2. The van der Waals surface area contributed by atoms with E-state index >= 15 is 0 Å². The third-order valence-corrected chi connectivity index (χ3v) is 8.47. The Morgan fingerprint density at radius 2 is 1.62 bits per heavy atom. The summed E-state index contributed by atoms with van der Waals surface area (Å²) in [6.45, 7) is 3.56. The van der Waals surface area contributed by atoms with Crippen LogP contribution < -0.4 is 4.72 Å². The molecule has 1 fully saturated rings. The van der Waals surface area contributed by atoms with Gasteiger partial charge in [0.1, 0.15) is 5.82 Å². The summed E-state index contributed by atoms with van der Waals surface area (Å²) < 4.78 is 69.0. The van der Waals surface area contributed by atoms with Crippen molar-refractivity contribution in [2.75, 3.05) is 0 Å². The molecule has 158 valence electrons. The fourth-order valence-corrected chi connectivity index (χ4v) is 5.90. The van der Waals surface area contributed by atoms with Gasteiger partial charge in [-0.3, -0.25) is 0 Å². The summed E-state index contributed by atoms with van der Waals surface area (Å²) >= 11 is 0. The molecule has 2 aromatic carbocycles. The molecule has 1 aliphatic rings. The smallest absolute Gasteiger partial charge is 0.208 e. The van der Waals surface area contributed by atoms with Gasteiger partial charge in [-0.25, -0.2) is 25.9 Å². The first-order chi connectivity index (χ1) is 13.6. The molecule has 0 bridgehead atoms. The Kier molecular flexibility index (Phi) is 6.42. The number of nitrogens with one attached hydrogen (secondary N) is 1. The van der Waals surface area contributed by atoms with Gasteiger partial charge in [-0.1, -0.05) is 25.1 Å². The van der Waals surface area contributed by atoms with Gasteiger partial charge in [-0.05, 0) is 56.5 Å². The SMILES string of the molecule is CC[C@H](C)NS(=O)(=O)c1ccc(S(=O)(=O)N(Cc2ccccc2F)C2CC2)cc1. The highest BCUT2D eigenvalue weighted by Gasteiger charge is 2.38. The van der Waals surface area contributed by atoms with Crippen molar-refractivity contribution < 1.29 is 21.2 Å². The van der Waals surface area contributed by atoms with E-state index in [9.17, 15) is 21.2 Å². The minimum atomic E-state index is -3.89. The predicted octanol–water partition coefficient (Wildman–Crippen LogP) is 3.26. The van der Waals surface area contributed by atoms with Gasteiger partial charge in [0, 0.05) is 24.2 Å². The fraction of sp³-hybridized carbons (Fsp3) is 0.400. The lowest BCUT2D eigenvalue weighted by Crippen LogP contribution is -2.33. The molecule has 29 heavy (non-hydrogen) atoms. The zero-order valence-corrected chi connectivity index (χ0v) is 18.0. The number of nitrogens with zero attached hydrogens (tertiary/aromatic N) is 1. The molecule has 1 saturated carbocycles. The van der Waals surface area contributed by atoms with E-state index in [0.717, 1.165) is 12.8 Å². The van der Waals surface area contributed by atoms with Gasteiger partial charge in [0.2, 0.25) is 20.0 Å². The van der Waals surface area contributed by atoms with Crippen molar-refractivity contribution in [3.8, 4) is 0 Å². The van der Waals surface area contributed by atoms with E-state index in [1.165, 1.54) is 34.6 Å². The fourth-order valence-electron chi connectivity index (χ4n) is 2.91. The minimum absolute atomic E-state index is 0.00354. The van der Waals surface area contributed by atoms with Crippen LogP contribution >= 0.6 is 0 Å². The topological polar surface area (TPSA) is 83.5 Å². The molecule has 0 saturated heterocycles. The van der Waals surface area contributed by atoms with E-state index in [1.807, 2.05) is 6.92 Å². The molecular weight excluding hydrogens is 415 g/mol. The van der Waals surface area contributed by atoms with Gasteiger partial charge < -0.3 is 0 Å². The van der Waals surface area contributed by atoms with E-state index < -0.39 is 25.9 Å². The van der Waals surface area contributed by atoms with Gasteiger partial charge in [-0.15, -0.1) is 0 Å². The summed E-state index contributed by atoms with van der Waals surface area (Å²) in [4.78, 5) is -0.00736. The summed E-state index contributed by atoms with van der Waals surface area (Å²) in [5.41, 5.74) is 0.305. The van der Waals surface area contributed by atoms with Crippen LogP contribution in [-0.2, 0) is 26.6 Å². The molecule has 0 spiro atoms. The molecule has 6 nitrogen and oxygen atoms in total. The summed E-state index contributed by atoms with van der Waals surface area (Å²) in [6, 6.07) is 10.8. The average molecular weight is 441 g/mol. The molecule has 0 aliphatic heterocycles. The van der Waals surface area contributed by atoms with Crippen molar-refractivity contribution in [3.63, 3.8) is 0 Å². The van der Waals surface area contributed by atoms with Crippen molar-refractivity contribution in [2.45, 2.75) is 61.5 Å². The third kappa shape index (κ3) is 5.03. The predicted molar refractivity (Wildman–Crippen MR) is 109 cm³/mol. The first-order valence-electron chi connectivity index (χ1n) is 9.53. The standard InChI is InChI=1S/C20H25FN2O4S2/c1-3-15(2)22-28(24,25)18-10-12-19(13-11-18)29(26,27)23(17-8-9-17)14-16-6-4-5-7-20(16)21/h4-7,10-13,15,17,22H,3,8-9,14H2,1-2H3/t15-/m0/s1. The number of halogens is 1. The van der Waals surface area contributed by atoms with Crippen LogP contribution in [0.15, 0.2) is 58.3 Å². The zero-order chi connectivity index (χ0) is 21.2. The number of sulfonamides is 2. The molecular formula is C20H25FN2O4S2. The van der Waals surface area contributed by atoms with Crippen LogP contribution in [0.5, 0.6) is 0 Å². The van der Waals surface area contributed by atoms with Crippen LogP contribution in [0.25, 0.3) is 0 Å². The number of hydrogen-bond acceptors (Lipinski definition) is 4. The largest absolute Gasteiger partial charge is 0.243 e. The zero-order valence-electron chi connectivity index (χ0n) is 16.4. The van der Waals surface area contributed by atoms with Gasteiger partial charge >= 0.3 is 0 Å². The molecule has 1 aliphatic carbocycles. The van der Waals surface area contributed by atoms with Crippen molar-refractivity contribution >= 4 is 20.0 Å². The van der Waals surface area contributed by atoms with Crippen LogP contribution in [0.1, 0.15) is 38.7 Å². The molecule has 0 heterocycles. The maximum atomic E-state index is 14.0. The molecule has 0 aromatic heterocycles. The van der Waals surface area contributed by atoms with Crippen molar-refractivity contribution in [2.24, 2.45) is 0 Å². The first-order valence-corrected chi connectivity index (χ1v) is 12.4. The lowest BCUT2D eigenvalue weighted by Gasteiger charge is -2.22. The van der Waals surface area contributed by atoms with E-state index in [-0.39, 0.29) is 28.4 Å². The molecule has 3 rings (SSSR count). The minimum Gasteiger partial charge on any atom is -0.208 e. The van der Waals surface area contributed by atoms with Crippen LogP contribution in [0.2, 0.25) is 0 Å². The highest BCUT2D eigenvalue weighted by Crippen LogP contribution is 2.34. The Labute approximate surface area is 171 Å². The summed E-state index contributed by atoms with van der Waals surface area (Å²) in [7, 11) is -7.61. The Bertz CT molecular complexity index is 1070. The van der Waals surface area contributed by atoms with E-state index in [2.05, 4.69) is 4.72 Å². The van der Waals surface area contributed by atoms with Gasteiger partial charge in [0.05, 0.1) is 9.79 Å². The summed E-state index contributed by atoms with van der Waals surface area (Å²) in [5.74, 6) is -0.453. The maximum absolute atomic E-state index is 14.0. The number of rotatable bonds is 9. The first kappa shape index (κ1) is 21.9.